The highest BCUT2D eigenvalue weighted by Crippen LogP contribution is 2.37. The zero-order valence-corrected chi connectivity index (χ0v) is 12.9. The fourth-order valence-corrected chi connectivity index (χ4v) is 1.97. The Balaban J connectivity index is 1.98. The molecule has 2 aromatic rings. The second-order valence-corrected chi connectivity index (χ2v) is 5.01. The summed E-state index contributed by atoms with van der Waals surface area (Å²) >= 11 is -0.0597. The van der Waals surface area contributed by atoms with Crippen molar-refractivity contribution < 1.29 is 48.6 Å². The molecule has 0 bridgehead atoms. The van der Waals surface area contributed by atoms with Crippen molar-refractivity contribution in [3.63, 3.8) is 0 Å². The van der Waals surface area contributed by atoms with Crippen LogP contribution in [0.5, 0.6) is 34.5 Å². The molecule has 0 fully saturated rings. The maximum atomic E-state index is 11.7. The number of phenolic OH excluding ortho intramolecular Hbond substituents is 6. The minimum Gasteiger partial charge on any atom is -0.504 e. The molecule has 0 aliphatic carbocycles. The number of carbonyl (C=O) groups is 2. The molecule has 0 radical (unpaired) electrons. The van der Waals surface area contributed by atoms with Crippen LogP contribution >= 0.6 is 12.3 Å². The van der Waals surface area contributed by atoms with Gasteiger partial charge in [0.1, 0.15) is 0 Å². The lowest BCUT2D eigenvalue weighted by atomic mass is 10.2. The molecule has 0 saturated heterocycles. The molecule has 0 amide bonds. The van der Waals surface area contributed by atoms with Gasteiger partial charge in [-0.15, -0.1) is 0 Å². The van der Waals surface area contributed by atoms with E-state index in [0.29, 0.717) is 0 Å². The quantitative estimate of drug-likeness (QED) is 0.340. The van der Waals surface area contributed by atoms with Gasteiger partial charge >= 0.3 is 11.9 Å². The van der Waals surface area contributed by atoms with E-state index in [-0.39, 0.29) is 23.5 Å². The predicted octanol–water partition coefficient (Wildman–Crippen LogP) is 1.50. The number of phenols is 6. The van der Waals surface area contributed by atoms with Gasteiger partial charge in [-0.05, 0) is 24.3 Å². The molecule has 0 unspecified atom stereocenters. The third-order valence-corrected chi connectivity index (χ3v) is 3.27. The van der Waals surface area contributed by atoms with Gasteiger partial charge in [0.05, 0.1) is 11.1 Å². The van der Waals surface area contributed by atoms with E-state index in [4.69, 9.17) is 10.2 Å². The van der Waals surface area contributed by atoms with Crippen molar-refractivity contribution in [2.75, 3.05) is 0 Å². The topological polar surface area (TPSA) is 174 Å². The van der Waals surface area contributed by atoms with Crippen LogP contribution in [0.2, 0.25) is 0 Å². The minimum atomic E-state index is -1.11. The van der Waals surface area contributed by atoms with E-state index >= 15 is 0 Å². The molecule has 0 aromatic heterocycles. The molecule has 11 heteroatoms. The molecule has 0 heterocycles. The number of rotatable bonds is 4. The van der Waals surface area contributed by atoms with E-state index in [2.05, 4.69) is 8.37 Å². The maximum absolute atomic E-state index is 11.7. The zero-order chi connectivity index (χ0) is 18.7. The van der Waals surface area contributed by atoms with Crippen molar-refractivity contribution in [1.82, 2.24) is 0 Å². The Labute approximate surface area is 143 Å². The van der Waals surface area contributed by atoms with Gasteiger partial charge in [0.15, 0.2) is 34.5 Å². The normalized spacial score (nSPS) is 10.2. The number of hydrogen-bond acceptors (Lipinski definition) is 11. The molecular weight excluding hydrogens is 360 g/mol. The van der Waals surface area contributed by atoms with Crippen molar-refractivity contribution in [2.45, 2.75) is 0 Å². The van der Waals surface area contributed by atoms with Gasteiger partial charge in [0.2, 0.25) is 0 Å². The molecule has 0 saturated carbocycles. The average molecular weight is 370 g/mol. The van der Waals surface area contributed by atoms with Crippen LogP contribution in [0.15, 0.2) is 24.3 Å². The maximum Gasteiger partial charge on any atom is 0.353 e. The molecule has 2 aromatic carbocycles. The Bertz CT molecular complexity index is 732. The molecule has 6 N–H and O–H groups in total. The average Bonchev–Trinajstić information content (AvgIpc) is 2.56. The van der Waals surface area contributed by atoms with Gasteiger partial charge in [-0.1, -0.05) is 0 Å². The molecule has 0 spiro atoms. The van der Waals surface area contributed by atoms with Gasteiger partial charge in [-0.2, -0.15) is 0 Å². The van der Waals surface area contributed by atoms with Crippen molar-refractivity contribution >= 4 is 24.3 Å². The summed E-state index contributed by atoms with van der Waals surface area (Å²) in [6.07, 6.45) is 0. The molecule has 132 valence electrons. The monoisotopic (exact) mass is 370 g/mol. The highest BCUT2D eigenvalue weighted by atomic mass is 32.2. The molecule has 2 rings (SSSR count). The fraction of sp³-hybridized carbons (Fsp3) is 0. The first-order valence-corrected chi connectivity index (χ1v) is 6.97. The third-order valence-electron chi connectivity index (χ3n) is 2.83. The number of benzene rings is 2. The summed E-state index contributed by atoms with van der Waals surface area (Å²) in [4.78, 5) is 23.4. The standard InChI is InChI=1S/C14H10O10S/c15-7-1-5(2-8(16)11(7)19)13(21)23-25-24-14(22)6-3-9(17)12(20)10(18)4-6/h1-4,15-20H. The van der Waals surface area contributed by atoms with Gasteiger partial charge < -0.3 is 39.0 Å². The summed E-state index contributed by atoms with van der Waals surface area (Å²) in [5, 5.41) is 55.5. The highest BCUT2D eigenvalue weighted by molar-refractivity contribution is 7.90. The SMILES string of the molecule is O=C(OSOC(=O)c1cc(O)c(O)c(O)c1)c1cc(O)c(O)c(O)c1. The largest absolute Gasteiger partial charge is 0.504 e. The molecule has 25 heavy (non-hydrogen) atoms. The summed E-state index contributed by atoms with van der Waals surface area (Å²) in [5.74, 6) is -6.90. The van der Waals surface area contributed by atoms with Crippen molar-refractivity contribution in [3.05, 3.63) is 35.4 Å². The second-order valence-electron chi connectivity index (χ2n) is 4.54. The van der Waals surface area contributed by atoms with Crippen LogP contribution in [0.25, 0.3) is 0 Å². The van der Waals surface area contributed by atoms with E-state index in [9.17, 15) is 30.0 Å². The van der Waals surface area contributed by atoms with Crippen LogP contribution in [0.1, 0.15) is 20.7 Å². The smallest absolute Gasteiger partial charge is 0.353 e. The highest BCUT2D eigenvalue weighted by Gasteiger charge is 2.18. The summed E-state index contributed by atoms with van der Waals surface area (Å²) < 4.78 is 9.02. The lowest BCUT2D eigenvalue weighted by molar-refractivity contribution is 0.0702. The van der Waals surface area contributed by atoms with Crippen LogP contribution in [-0.2, 0) is 8.37 Å². The molecule has 10 nitrogen and oxygen atoms in total. The van der Waals surface area contributed by atoms with Crippen LogP contribution in [0.4, 0.5) is 0 Å². The van der Waals surface area contributed by atoms with Gasteiger partial charge in [-0.25, -0.2) is 9.59 Å². The van der Waals surface area contributed by atoms with Gasteiger partial charge in [0, 0.05) is 0 Å². The summed E-state index contributed by atoms with van der Waals surface area (Å²) in [5.41, 5.74) is -0.674. The van der Waals surface area contributed by atoms with Crippen LogP contribution in [-0.4, -0.2) is 42.6 Å². The summed E-state index contributed by atoms with van der Waals surface area (Å²) in [6.45, 7) is 0. The Kier molecular flexibility index (Phi) is 4.98. The van der Waals surface area contributed by atoms with Crippen molar-refractivity contribution in [3.8, 4) is 34.5 Å². The molecule has 0 aliphatic heterocycles. The molecule has 0 atom stereocenters. The Morgan fingerprint density at radius 2 is 0.920 bits per heavy atom. The second kappa shape index (κ2) is 6.97. The predicted molar refractivity (Wildman–Crippen MR) is 81.3 cm³/mol. The first kappa shape index (κ1) is 17.9. The number of aromatic hydroxyl groups is 6. The van der Waals surface area contributed by atoms with E-state index < -0.39 is 46.4 Å². The zero-order valence-electron chi connectivity index (χ0n) is 12.0. The third kappa shape index (κ3) is 3.90. The van der Waals surface area contributed by atoms with E-state index in [0.717, 1.165) is 24.3 Å². The van der Waals surface area contributed by atoms with Crippen molar-refractivity contribution in [2.24, 2.45) is 0 Å². The molecular formula is C14H10O10S. The fourth-order valence-electron chi connectivity index (χ4n) is 1.62. The Morgan fingerprint density at radius 3 is 1.20 bits per heavy atom. The Hall–Kier alpha value is -3.47. The lowest BCUT2D eigenvalue weighted by Crippen LogP contribution is -2.04. The van der Waals surface area contributed by atoms with E-state index in [1.807, 2.05) is 0 Å². The van der Waals surface area contributed by atoms with E-state index in [1.165, 1.54) is 0 Å². The van der Waals surface area contributed by atoms with E-state index in [1.54, 1.807) is 0 Å². The van der Waals surface area contributed by atoms with Gasteiger partial charge in [-0.3, -0.25) is 0 Å². The van der Waals surface area contributed by atoms with Gasteiger partial charge in [0.25, 0.3) is 12.3 Å². The van der Waals surface area contributed by atoms with Crippen molar-refractivity contribution in [1.29, 1.82) is 0 Å². The summed E-state index contributed by atoms with van der Waals surface area (Å²) in [6, 6.07) is 3.26. The Morgan fingerprint density at radius 1 is 0.640 bits per heavy atom. The lowest BCUT2D eigenvalue weighted by Gasteiger charge is -2.06. The first-order chi connectivity index (χ1) is 11.7. The van der Waals surface area contributed by atoms with Crippen LogP contribution in [0, 0.1) is 0 Å². The van der Waals surface area contributed by atoms with Crippen LogP contribution in [0.3, 0.4) is 0 Å². The number of hydrogen-bond donors (Lipinski definition) is 6. The van der Waals surface area contributed by atoms with Crippen LogP contribution < -0.4 is 0 Å². The first-order valence-electron chi connectivity index (χ1n) is 6.30. The number of carbonyl (C=O) groups excluding carboxylic acids is 2. The minimum absolute atomic E-state index is 0.0597. The summed E-state index contributed by atoms with van der Waals surface area (Å²) in [7, 11) is 0. The molecule has 0 aliphatic rings.